The average molecular weight is 386 g/mol. The van der Waals surface area contributed by atoms with Crippen LogP contribution in [0.4, 0.5) is 11.4 Å². The first kappa shape index (κ1) is 18.7. The summed E-state index contributed by atoms with van der Waals surface area (Å²) >= 11 is 0. The van der Waals surface area contributed by atoms with Gasteiger partial charge in [0.1, 0.15) is 12.4 Å². The lowest BCUT2D eigenvalue weighted by molar-refractivity contribution is -0.117. The third-order valence-electron chi connectivity index (χ3n) is 4.89. The molecule has 1 fully saturated rings. The zero-order valence-electron chi connectivity index (χ0n) is 16.0. The molecule has 5 heteroatoms. The van der Waals surface area contributed by atoms with E-state index in [0.717, 1.165) is 30.0 Å². The highest BCUT2D eigenvalue weighted by atomic mass is 16.5. The summed E-state index contributed by atoms with van der Waals surface area (Å²) in [6, 6.07) is 24.3. The first-order chi connectivity index (χ1) is 14.2. The summed E-state index contributed by atoms with van der Waals surface area (Å²) in [7, 11) is 0. The molecule has 4 rings (SSSR count). The second-order valence-electron chi connectivity index (χ2n) is 6.91. The number of benzene rings is 3. The van der Waals surface area contributed by atoms with Crippen molar-refractivity contribution in [2.24, 2.45) is 0 Å². The maximum absolute atomic E-state index is 12.9. The Morgan fingerprint density at radius 1 is 0.966 bits per heavy atom. The van der Waals surface area contributed by atoms with Crippen LogP contribution >= 0.6 is 0 Å². The van der Waals surface area contributed by atoms with E-state index in [1.165, 1.54) is 0 Å². The van der Waals surface area contributed by atoms with Gasteiger partial charge in [-0.05, 0) is 42.8 Å². The van der Waals surface area contributed by atoms with Crippen LogP contribution in [-0.4, -0.2) is 18.4 Å². The highest BCUT2D eigenvalue weighted by Gasteiger charge is 2.22. The third kappa shape index (κ3) is 4.46. The number of ether oxygens (including phenoxy) is 1. The van der Waals surface area contributed by atoms with E-state index in [0.29, 0.717) is 24.3 Å². The molecule has 1 aliphatic rings. The van der Waals surface area contributed by atoms with E-state index in [1.807, 2.05) is 72.8 Å². The van der Waals surface area contributed by atoms with Gasteiger partial charge in [-0.15, -0.1) is 0 Å². The zero-order valence-corrected chi connectivity index (χ0v) is 16.0. The Morgan fingerprint density at radius 3 is 2.55 bits per heavy atom. The molecule has 3 aromatic carbocycles. The fourth-order valence-corrected chi connectivity index (χ4v) is 3.42. The van der Waals surface area contributed by atoms with Gasteiger partial charge in [-0.3, -0.25) is 9.59 Å². The predicted molar refractivity (Wildman–Crippen MR) is 113 cm³/mol. The molecule has 1 heterocycles. The summed E-state index contributed by atoms with van der Waals surface area (Å²) in [5.41, 5.74) is 2.84. The van der Waals surface area contributed by atoms with Crippen LogP contribution in [0, 0.1) is 0 Å². The summed E-state index contributed by atoms with van der Waals surface area (Å²) < 4.78 is 5.81. The second kappa shape index (κ2) is 8.61. The Bertz CT molecular complexity index is 1020. The topological polar surface area (TPSA) is 58.6 Å². The van der Waals surface area contributed by atoms with Crippen LogP contribution in [0.2, 0.25) is 0 Å². The van der Waals surface area contributed by atoms with Crippen molar-refractivity contribution in [3.05, 3.63) is 90.0 Å². The molecule has 2 amide bonds. The minimum absolute atomic E-state index is 0.122. The number of para-hydroxylation sites is 1. The molecule has 146 valence electrons. The van der Waals surface area contributed by atoms with Gasteiger partial charge in [0.15, 0.2) is 0 Å². The minimum atomic E-state index is -0.206. The number of hydrogen-bond donors (Lipinski definition) is 1. The van der Waals surface area contributed by atoms with Crippen molar-refractivity contribution in [3.63, 3.8) is 0 Å². The molecule has 0 unspecified atom stereocenters. The molecule has 1 N–H and O–H groups in total. The minimum Gasteiger partial charge on any atom is -0.489 e. The first-order valence-electron chi connectivity index (χ1n) is 9.68. The normalized spacial score (nSPS) is 13.4. The van der Waals surface area contributed by atoms with Gasteiger partial charge in [0.05, 0.1) is 0 Å². The molecule has 0 radical (unpaired) electrons. The number of carbonyl (C=O) groups is 2. The number of anilines is 2. The van der Waals surface area contributed by atoms with Gasteiger partial charge in [0.2, 0.25) is 5.91 Å². The number of nitrogens with zero attached hydrogens (tertiary/aromatic N) is 1. The molecular weight excluding hydrogens is 364 g/mol. The SMILES string of the molecule is O=C(Nc1cccc(N2CCCC2=O)c1)c1ccccc1COc1ccccc1. The molecule has 0 aromatic heterocycles. The summed E-state index contributed by atoms with van der Waals surface area (Å²) in [6.45, 7) is 1.02. The van der Waals surface area contributed by atoms with Crippen molar-refractivity contribution >= 4 is 23.2 Å². The Balaban J connectivity index is 1.48. The lowest BCUT2D eigenvalue weighted by Crippen LogP contribution is -2.23. The molecular formula is C24H22N2O3. The lowest BCUT2D eigenvalue weighted by Gasteiger charge is -2.17. The van der Waals surface area contributed by atoms with E-state index in [9.17, 15) is 9.59 Å². The number of hydrogen-bond acceptors (Lipinski definition) is 3. The van der Waals surface area contributed by atoms with Crippen LogP contribution in [0.15, 0.2) is 78.9 Å². The largest absolute Gasteiger partial charge is 0.489 e. The fourth-order valence-electron chi connectivity index (χ4n) is 3.42. The molecule has 0 saturated carbocycles. The molecule has 1 saturated heterocycles. The molecule has 3 aromatic rings. The van der Waals surface area contributed by atoms with Gasteiger partial charge in [0, 0.05) is 35.5 Å². The number of rotatable bonds is 6. The third-order valence-corrected chi connectivity index (χ3v) is 4.89. The van der Waals surface area contributed by atoms with Gasteiger partial charge < -0.3 is 15.0 Å². The van der Waals surface area contributed by atoms with Crippen molar-refractivity contribution in [1.82, 2.24) is 0 Å². The number of carbonyl (C=O) groups excluding carboxylic acids is 2. The molecule has 29 heavy (non-hydrogen) atoms. The molecule has 0 atom stereocenters. The lowest BCUT2D eigenvalue weighted by atomic mass is 10.1. The molecule has 1 aliphatic heterocycles. The summed E-state index contributed by atoms with van der Waals surface area (Å²) in [5.74, 6) is 0.671. The number of amides is 2. The zero-order chi connectivity index (χ0) is 20.1. The van der Waals surface area contributed by atoms with Crippen LogP contribution in [0.3, 0.4) is 0 Å². The molecule has 0 bridgehead atoms. The Morgan fingerprint density at radius 2 is 1.76 bits per heavy atom. The van der Waals surface area contributed by atoms with E-state index in [-0.39, 0.29) is 11.8 Å². The van der Waals surface area contributed by atoms with Crippen molar-refractivity contribution in [2.75, 3.05) is 16.8 Å². The monoisotopic (exact) mass is 386 g/mol. The van der Waals surface area contributed by atoms with E-state index >= 15 is 0 Å². The summed E-state index contributed by atoms with van der Waals surface area (Å²) in [4.78, 5) is 26.6. The second-order valence-corrected chi connectivity index (χ2v) is 6.91. The number of nitrogens with one attached hydrogen (secondary N) is 1. The van der Waals surface area contributed by atoms with Gasteiger partial charge in [-0.2, -0.15) is 0 Å². The Kier molecular flexibility index (Phi) is 5.56. The van der Waals surface area contributed by atoms with Gasteiger partial charge in [-0.1, -0.05) is 42.5 Å². The maximum atomic E-state index is 12.9. The van der Waals surface area contributed by atoms with Crippen LogP contribution < -0.4 is 15.0 Å². The van der Waals surface area contributed by atoms with Crippen LogP contribution in [0.25, 0.3) is 0 Å². The smallest absolute Gasteiger partial charge is 0.256 e. The Hall–Kier alpha value is -3.60. The van der Waals surface area contributed by atoms with E-state index in [1.54, 1.807) is 11.0 Å². The van der Waals surface area contributed by atoms with Gasteiger partial charge >= 0.3 is 0 Å². The summed E-state index contributed by atoms with van der Waals surface area (Å²) in [5, 5.41) is 2.94. The standard InChI is InChI=1S/C24H22N2O3/c27-23-14-7-15-26(23)20-10-6-9-19(16-20)25-24(28)22-13-5-4-8-18(22)17-29-21-11-2-1-3-12-21/h1-6,8-13,16H,7,14-15,17H2,(H,25,28). The maximum Gasteiger partial charge on any atom is 0.256 e. The molecule has 0 aliphatic carbocycles. The van der Waals surface area contributed by atoms with Crippen molar-refractivity contribution < 1.29 is 14.3 Å². The van der Waals surface area contributed by atoms with Gasteiger partial charge in [0.25, 0.3) is 5.91 Å². The quantitative estimate of drug-likeness (QED) is 0.671. The predicted octanol–water partition coefficient (Wildman–Crippen LogP) is 4.64. The van der Waals surface area contributed by atoms with Gasteiger partial charge in [-0.25, -0.2) is 0 Å². The molecule has 5 nitrogen and oxygen atoms in total. The summed E-state index contributed by atoms with van der Waals surface area (Å²) in [6.07, 6.45) is 1.44. The highest BCUT2D eigenvalue weighted by molar-refractivity contribution is 6.05. The fraction of sp³-hybridized carbons (Fsp3) is 0.167. The van der Waals surface area contributed by atoms with Crippen molar-refractivity contribution in [1.29, 1.82) is 0 Å². The van der Waals surface area contributed by atoms with Crippen LogP contribution in [0.1, 0.15) is 28.8 Å². The van der Waals surface area contributed by atoms with Crippen molar-refractivity contribution in [3.8, 4) is 5.75 Å². The van der Waals surface area contributed by atoms with Crippen LogP contribution in [-0.2, 0) is 11.4 Å². The van der Waals surface area contributed by atoms with E-state index in [2.05, 4.69) is 5.32 Å². The average Bonchev–Trinajstić information content (AvgIpc) is 3.19. The first-order valence-corrected chi connectivity index (χ1v) is 9.68. The van der Waals surface area contributed by atoms with Crippen LogP contribution in [0.5, 0.6) is 5.75 Å². The molecule has 0 spiro atoms. The van der Waals surface area contributed by atoms with E-state index in [4.69, 9.17) is 4.74 Å². The van der Waals surface area contributed by atoms with E-state index < -0.39 is 0 Å². The Labute approximate surface area is 169 Å². The highest BCUT2D eigenvalue weighted by Crippen LogP contribution is 2.25. The van der Waals surface area contributed by atoms with Crippen molar-refractivity contribution in [2.45, 2.75) is 19.4 Å².